The second kappa shape index (κ2) is 8.03. The first-order valence-electron chi connectivity index (χ1n) is 7.43. The van der Waals surface area contributed by atoms with Crippen LogP contribution in [-0.2, 0) is 4.79 Å². The van der Waals surface area contributed by atoms with Crippen LogP contribution in [0.4, 0.5) is 11.4 Å². The van der Waals surface area contributed by atoms with Crippen molar-refractivity contribution in [1.29, 1.82) is 0 Å². The van der Waals surface area contributed by atoms with E-state index in [1.165, 1.54) is 0 Å². The van der Waals surface area contributed by atoms with Crippen LogP contribution in [0.15, 0.2) is 42.6 Å². The van der Waals surface area contributed by atoms with Crippen molar-refractivity contribution in [1.82, 2.24) is 4.98 Å². The van der Waals surface area contributed by atoms with E-state index in [2.05, 4.69) is 15.6 Å². The first-order chi connectivity index (χ1) is 11.1. The number of anilines is 2. The highest BCUT2D eigenvalue weighted by Crippen LogP contribution is 2.24. The van der Waals surface area contributed by atoms with Gasteiger partial charge in [0.1, 0.15) is 11.8 Å². The molecule has 1 aromatic carbocycles. The zero-order valence-electron chi connectivity index (χ0n) is 13.5. The van der Waals surface area contributed by atoms with Gasteiger partial charge in [-0.25, -0.2) is 4.98 Å². The van der Waals surface area contributed by atoms with Crippen LogP contribution in [0.1, 0.15) is 13.8 Å². The zero-order chi connectivity index (χ0) is 16.7. The van der Waals surface area contributed by atoms with Gasteiger partial charge in [-0.05, 0) is 32.0 Å². The Morgan fingerprint density at radius 2 is 2.04 bits per heavy atom. The van der Waals surface area contributed by atoms with Crippen molar-refractivity contribution < 1.29 is 14.3 Å². The summed E-state index contributed by atoms with van der Waals surface area (Å²) in [6.07, 6.45) is 1.62. The maximum absolute atomic E-state index is 12.3. The number of aromatic nitrogens is 1. The fourth-order valence-corrected chi connectivity index (χ4v) is 1.99. The number of ether oxygens (including phenoxy) is 2. The molecule has 6 heteroatoms. The van der Waals surface area contributed by atoms with Gasteiger partial charge in [0.05, 0.1) is 31.3 Å². The molecule has 2 aromatic rings. The summed E-state index contributed by atoms with van der Waals surface area (Å²) < 4.78 is 10.5. The average molecular weight is 315 g/mol. The maximum Gasteiger partial charge on any atom is 0.246 e. The van der Waals surface area contributed by atoms with E-state index < -0.39 is 6.04 Å². The van der Waals surface area contributed by atoms with E-state index in [-0.39, 0.29) is 5.91 Å². The number of carbonyl (C=O) groups is 1. The van der Waals surface area contributed by atoms with Crippen LogP contribution in [0.25, 0.3) is 0 Å². The van der Waals surface area contributed by atoms with Crippen molar-refractivity contribution in [3.05, 3.63) is 42.6 Å². The molecule has 0 aliphatic carbocycles. The van der Waals surface area contributed by atoms with Crippen molar-refractivity contribution in [3.8, 4) is 11.6 Å². The molecule has 1 aromatic heterocycles. The van der Waals surface area contributed by atoms with Gasteiger partial charge >= 0.3 is 0 Å². The maximum atomic E-state index is 12.3. The van der Waals surface area contributed by atoms with E-state index in [1.807, 2.05) is 37.3 Å². The zero-order valence-corrected chi connectivity index (χ0v) is 13.5. The van der Waals surface area contributed by atoms with Gasteiger partial charge in [0.25, 0.3) is 0 Å². The third kappa shape index (κ3) is 4.60. The van der Waals surface area contributed by atoms with Gasteiger partial charge in [0.2, 0.25) is 11.8 Å². The fourth-order valence-electron chi connectivity index (χ4n) is 1.99. The van der Waals surface area contributed by atoms with Crippen molar-refractivity contribution in [2.45, 2.75) is 19.9 Å². The molecule has 0 aliphatic rings. The standard InChI is InChI=1S/C17H21N3O3/c1-4-23-15-8-6-5-7-14(15)20-17(21)12(2)19-13-9-10-16(22-3)18-11-13/h5-12,19H,4H2,1-3H3,(H,20,21)/t12-/m1/s1. The molecule has 0 saturated heterocycles. The van der Waals surface area contributed by atoms with Crippen LogP contribution in [0.3, 0.4) is 0 Å². The lowest BCUT2D eigenvalue weighted by atomic mass is 10.2. The number of hydrogen-bond donors (Lipinski definition) is 2. The summed E-state index contributed by atoms with van der Waals surface area (Å²) in [6, 6.07) is 10.5. The second-order valence-corrected chi connectivity index (χ2v) is 4.87. The summed E-state index contributed by atoms with van der Waals surface area (Å²) >= 11 is 0. The third-order valence-electron chi connectivity index (χ3n) is 3.17. The van der Waals surface area contributed by atoms with Gasteiger partial charge in [0.15, 0.2) is 0 Å². The average Bonchev–Trinajstić information content (AvgIpc) is 2.57. The number of carbonyl (C=O) groups excluding carboxylic acids is 1. The molecular formula is C17H21N3O3. The second-order valence-electron chi connectivity index (χ2n) is 4.87. The van der Waals surface area contributed by atoms with Crippen molar-refractivity contribution in [2.75, 3.05) is 24.4 Å². The van der Waals surface area contributed by atoms with Gasteiger partial charge in [-0.1, -0.05) is 12.1 Å². The predicted molar refractivity (Wildman–Crippen MR) is 90.1 cm³/mol. The molecule has 6 nitrogen and oxygen atoms in total. The summed E-state index contributed by atoms with van der Waals surface area (Å²) in [7, 11) is 1.56. The highest BCUT2D eigenvalue weighted by atomic mass is 16.5. The Balaban J connectivity index is 1.99. The largest absolute Gasteiger partial charge is 0.492 e. The summed E-state index contributed by atoms with van der Waals surface area (Å²) in [5, 5.41) is 5.96. The number of rotatable bonds is 7. The van der Waals surface area contributed by atoms with Gasteiger partial charge in [-0.3, -0.25) is 4.79 Å². The molecule has 2 N–H and O–H groups in total. The van der Waals surface area contributed by atoms with Crippen LogP contribution in [-0.4, -0.2) is 30.6 Å². The lowest BCUT2D eigenvalue weighted by molar-refractivity contribution is -0.116. The lowest BCUT2D eigenvalue weighted by Crippen LogP contribution is -2.32. The summed E-state index contributed by atoms with van der Waals surface area (Å²) in [5.74, 6) is 1.02. The molecule has 23 heavy (non-hydrogen) atoms. The Morgan fingerprint density at radius 1 is 1.26 bits per heavy atom. The summed E-state index contributed by atoms with van der Waals surface area (Å²) in [4.78, 5) is 16.4. The van der Waals surface area contributed by atoms with Crippen molar-refractivity contribution in [3.63, 3.8) is 0 Å². The van der Waals surface area contributed by atoms with E-state index in [0.717, 1.165) is 5.69 Å². The third-order valence-corrected chi connectivity index (χ3v) is 3.17. The molecule has 0 aliphatic heterocycles. The fraction of sp³-hybridized carbons (Fsp3) is 0.294. The number of para-hydroxylation sites is 2. The van der Waals surface area contributed by atoms with Crippen molar-refractivity contribution in [2.24, 2.45) is 0 Å². The number of methoxy groups -OCH3 is 1. The number of hydrogen-bond acceptors (Lipinski definition) is 5. The van der Waals surface area contributed by atoms with E-state index in [9.17, 15) is 4.79 Å². The molecule has 0 radical (unpaired) electrons. The quantitative estimate of drug-likeness (QED) is 0.822. The summed E-state index contributed by atoms with van der Waals surface area (Å²) in [6.45, 7) is 4.22. The number of benzene rings is 1. The van der Waals surface area contributed by atoms with E-state index >= 15 is 0 Å². The molecule has 1 amide bonds. The van der Waals surface area contributed by atoms with Gasteiger partial charge in [0, 0.05) is 6.07 Å². The van der Waals surface area contributed by atoms with Crippen LogP contribution < -0.4 is 20.1 Å². The molecule has 122 valence electrons. The molecule has 2 rings (SSSR count). The number of amides is 1. The molecule has 0 saturated carbocycles. The Kier molecular flexibility index (Phi) is 5.80. The summed E-state index contributed by atoms with van der Waals surface area (Å²) in [5.41, 5.74) is 1.40. The Hall–Kier alpha value is -2.76. The lowest BCUT2D eigenvalue weighted by Gasteiger charge is -2.17. The van der Waals surface area contributed by atoms with Gasteiger partial charge in [-0.2, -0.15) is 0 Å². The topological polar surface area (TPSA) is 72.5 Å². The SMILES string of the molecule is CCOc1ccccc1NC(=O)[C@@H](C)Nc1ccc(OC)nc1. The first kappa shape index (κ1) is 16.6. The van der Waals surface area contributed by atoms with Crippen LogP contribution in [0.2, 0.25) is 0 Å². The van der Waals surface area contributed by atoms with Gasteiger partial charge in [-0.15, -0.1) is 0 Å². The van der Waals surface area contributed by atoms with Crippen molar-refractivity contribution >= 4 is 17.3 Å². The Labute approximate surface area is 135 Å². The van der Waals surface area contributed by atoms with Crippen LogP contribution in [0, 0.1) is 0 Å². The van der Waals surface area contributed by atoms with E-state index in [4.69, 9.17) is 9.47 Å². The first-order valence-corrected chi connectivity index (χ1v) is 7.43. The molecule has 0 bridgehead atoms. The monoisotopic (exact) mass is 315 g/mol. The highest BCUT2D eigenvalue weighted by Gasteiger charge is 2.15. The number of nitrogens with one attached hydrogen (secondary N) is 2. The minimum absolute atomic E-state index is 0.159. The number of pyridine rings is 1. The minimum Gasteiger partial charge on any atom is -0.492 e. The Bertz CT molecular complexity index is 644. The number of nitrogens with zero attached hydrogens (tertiary/aromatic N) is 1. The van der Waals surface area contributed by atoms with Crippen LogP contribution in [0.5, 0.6) is 11.6 Å². The molecular weight excluding hydrogens is 294 g/mol. The normalized spacial score (nSPS) is 11.4. The molecule has 0 fully saturated rings. The molecule has 0 unspecified atom stereocenters. The Morgan fingerprint density at radius 3 is 2.70 bits per heavy atom. The minimum atomic E-state index is -0.431. The van der Waals surface area contributed by atoms with E-state index in [0.29, 0.717) is 23.9 Å². The predicted octanol–water partition coefficient (Wildman–Crippen LogP) is 2.93. The van der Waals surface area contributed by atoms with Gasteiger partial charge < -0.3 is 20.1 Å². The smallest absolute Gasteiger partial charge is 0.246 e. The molecule has 1 heterocycles. The van der Waals surface area contributed by atoms with Crippen LogP contribution >= 0.6 is 0 Å². The highest BCUT2D eigenvalue weighted by molar-refractivity contribution is 5.97. The molecule has 1 atom stereocenters. The van der Waals surface area contributed by atoms with E-state index in [1.54, 1.807) is 26.3 Å². The molecule has 0 spiro atoms.